The number of amides is 1. The highest BCUT2D eigenvalue weighted by Gasteiger charge is 2.48. The van der Waals surface area contributed by atoms with Crippen LogP contribution in [0.5, 0.6) is 0 Å². The zero-order chi connectivity index (χ0) is 23.7. The second-order valence-corrected chi connectivity index (χ2v) is 10.5. The summed E-state index contributed by atoms with van der Waals surface area (Å²) in [7, 11) is 0. The number of alkyl halides is 2. The van der Waals surface area contributed by atoms with Crippen molar-refractivity contribution in [2.24, 2.45) is 17.8 Å². The molecule has 2 bridgehead atoms. The molecule has 0 aromatic heterocycles. The van der Waals surface area contributed by atoms with E-state index in [1.54, 1.807) is 29.2 Å². The molecule has 0 radical (unpaired) electrons. The van der Waals surface area contributed by atoms with Crippen LogP contribution in [0.15, 0.2) is 60.7 Å². The molecule has 6 heteroatoms. The van der Waals surface area contributed by atoms with Gasteiger partial charge in [-0.2, -0.15) is 0 Å². The summed E-state index contributed by atoms with van der Waals surface area (Å²) < 4.78 is 28.3. The van der Waals surface area contributed by atoms with E-state index in [0.717, 1.165) is 32.5 Å². The van der Waals surface area contributed by atoms with Gasteiger partial charge in [-0.15, -0.1) is 0 Å². The molecule has 3 aliphatic rings. The lowest BCUT2D eigenvalue weighted by molar-refractivity contribution is -0.145. The topological polar surface area (TPSA) is 43.8 Å². The summed E-state index contributed by atoms with van der Waals surface area (Å²) in [6, 6.07) is 18.8. The van der Waals surface area contributed by atoms with Crippen molar-refractivity contribution in [1.29, 1.82) is 0 Å². The summed E-state index contributed by atoms with van der Waals surface area (Å²) in [6.07, 6.45) is 0.720. The summed E-state index contributed by atoms with van der Waals surface area (Å²) in [5.74, 6) is -1.96. The van der Waals surface area contributed by atoms with E-state index in [2.05, 4.69) is 29.2 Å². The average molecular weight is 469 g/mol. The lowest BCUT2D eigenvalue weighted by Crippen LogP contribution is -2.50. The Kier molecular flexibility index (Phi) is 6.72. The van der Waals surface area contributed by atoms with Crippen LogP contribution in [-0.4, -0.2) is 52.4 Å². The minimum Gasteiger partial charge on any atom is -0.378 e. The van der Waals surface area contributed by atoms with Crippen LogP contribution in [0.1, 0.15) is 49.3 Å². The molecule has 2 aromatic rings. The normalized spacial score (nSPS) is 29.1. The van der Waals surface area contributed by atoms with Gasteiger partial charge in [0.25, 0.3) is 5.91 Å². The molecular formula is C28H34F2N2O2. The Morgan fingerprint density at radius 3 is 2.21 bits per heavy atom. The first kappa shape index (κ1) is 23.4. The van der Waals surface area contributed by atoms with Crippen molar-refractivity contribution < 1.29 is 18.7 Å². The van der Waals surface area contributed by atoms with E-state index in [1.807, 2.05) is 12.1 Å². The molecule has 2 aromatic carbocycles. The summed E-state index contributed by atoms with van der Waals surface area (Å²) in [5, 5.41) is 10.8. The second-order valence-electron chi connectivity index (χ2n) is 10.5. The lowest BCUT2D eigenvalue weighted by atomic mass is 9.84. The van der Waals surface area contributed by atoms with E-state index in [-0.39, 0.29) is 12.8 Å². The molecule has 2 unspecified atom stereocenters. The Bertz CT molecular complexity index is 957. The lowest BCUT2D eigenvalue weighted by Gasteiger charge is -2.42. The second kappa shape index (κ2) is 9.74. The van der Waals surface area contributed by atoms with E-state index >= 15 is 0 Å². The molecule has 5 rings (SSSR count). The van der Waals surface area contributed by atoms with Crippen molar-refractivity contribution in [1.82, 2.24) is 9.80 Å². The number of nitrogens with zero attached hydrogens (tertiary/aromatic N) is 2. The van der Waals surface area contributed by atoms with Gasteiger partial charge in [0.2, 0.25) is 5.92 Å². The highest BCUT2D eigenvalue weighted by molar-refractivity contribution is 5.82. The summed E-state index contributed by atoms with van der Waals surface area (Å²) in [5.41, 5.74) is 1.82. The monoisotopic (exact) mass is 468 g/mol. The smallest absolute Gasteiger partial charge is 0.256 e. The first-order valence-electron chi connectivity index (χ1n) is 12.6. The van der Waals surface area contributed by atoms with E-state index in [1.165, 1.54) is 5.56 Å². The average Bonchev–Trinajstić information content (AvgIpc) is 3.31. The molecule has 1 N–H and O–H groups in total. The predicted octanol–water partition coefficient (Wildman–Crippen LogP) is 4.89. The van der Waals surface area contributed by atoms with Crippen molar-refractivity contribution in [3.05, 3.63) is 71.8 Å². The van der Waals surface area contributed by atoms with Crippen LogP contribution in [0, 0.1) is 17.8 Å². The number of carbonyl (C=O) groups excluding carboxylic acids is 1. The van der Waals surface area contributed by atoms with E-state index < -0.39 is 24.0 Å². The Labute approximate surface area is 200 Å². The van der Waals surface area contributed by atoms with Crippen LogP contribution in [0.25, 0.3) is 0 Å². The molecule has 4 atom stereocenters. The molecule has 1 aliphatic heterocycles. The predicted molar refractivity (Wildman–Crippen MR) is 127 cm³/mol. The zero-order valence-corrected chi connectivity index (χ0v) is 19.5. The number of piperidine rings is 1. The number of likely N-dealkylation sites (tertiary alicyclic amines) is 1. The third-order valence-electron chi connectivity index (χ3n) is 8.21. The standard InChI is InChI=1S/C28H34F2N2O2/c29-28(30)14-13-24(15-28)32(27(34)26(33)21-9-5-2-6-10-21)19-25-22-11-12-23(25)18-31(17-22)16-20-7-3-1-4-8-20/h1-10,22-26,33H,11-19H2/t22?,23?,24-,25?,26-/m1/s1. The fourth-order valence-corrected chi connectivity index (χ4v) is 6.48. The Morgan fingerprint density at radius 2 is 1.62 bits per heavy atom. The Balaban J connectivity index is 1.31. The number of carbonyl (C=O) groups is 1. The van der Waals surface area contributed by atoms with Crippen LogP contribution in [-0.2, 0) is 11.3 Å². The van der Waals surface area contributed by atoms with Crippen molar-refractivity contribution in [3.8, 4) is 0 Å². The van der Waals surface area contributed by atoms with Gasteiger partial charge in [-0.05, 0) is 48.1 Å². The number of aliphatic hydroxyl groups is 1. The quantitative estimate of drug-likeness (QED) is 0.629. The van der Waals surface area contributed by atoms with Gasteiger partial charge in [0.15, 0.2) is 6.10 Å². The number of rotatable bonds is 7. The molecule has 1 amide bonds. The van der Waals surface area contributed by atoms with Crippen LogP contribution in [0.3, 0.4) is 0 Å². The maximum Gasteiger partial charge on any atom is 0.256 e. The molecule has 1 heterocycles. The van der Waals surface area contributed by atoms with Crippen LogP contribution in [0.4, 0.5) is 8.78 Å². The van der Waals surface area contributed by atoms with E-state index in [4.69, 9.17) is 0 Å². The number of aliphatic hydroxyl groups excluding tert-OH is 1. The molecular weight excluding hydrogens is 434 g/mol. The highest BCUT2D eigenvalue weighted by Crippen LogP contribution is 2.45. The van der Waals surface area contributed by atoms with Gasteiger partial charge in [-0.3, -0.25) is 9.69 Å². The van der Waals surface area contributed by atoms with Crippen LogP contribution < -0.4 is 0 Å². The number of halogens is 2. The van der Waals surface area contributed by atoms with Gasteiger partial charge in [-0.1, -0.05) is 60.7 Å². The minimum atomic E-state index is -2.74. The molecule has 3 fully saturated rings. The van der Waals surface area contributed by atoms with Gasteiger partial charge in [-0.25, -0.2) is 8.78 Å². The SMILES string of the molecule is O=C([C@H](O)c1ccccc1)N(CC1C2CCC1CN(Cc1ccccc1)C2)[C@@H]1CCC(F)(F)C1. The fraction of sp³-hybridized carbons (Fsp3) is 0.536. The summed E-state index contributed by atoms with van der Waals surface area (Å²) in [4.78, 5) is 17.6. The Morgan fingerprint density at radius 1 is 1.00 bits per heavy atom. The van der Waals surface area contributed by atoms with Crippen molar-refractivity contribution in [2.75, 3.05) is 19.6 Å². The minimum absolute atomic E-state index is 0.189. The van der Waals surface area contributed by atoms with E-state index in [9.17, 15) is 18.7 Å². The molecule has 2 aliphatic carbocycles. The highest BCUT2D eigenvalue weighted by atomic mass is 19.3. The molecule has 0 spiro atoms. The fourth-order valence-electron chi connectivity index (χ4n) is 6.48. The van der Waals surface area contributed by atoms with Gasteiger partial charge in [0.05, 0.1) is 0 Å². The molecule has 1 saturated heterocycles. The molecule has 182 valence electrons. The number of fused-ring (bicyclic) bond motifs is 2. The van der Waals surface area contributed by atoms with Crippen LogP contribution >= 0.6 is 0 Å². The number of hydrogen-bond acceptors (Lipinski definition) is 3. The number of benzene rings is 2. The summed E-state index contributed by atoms with van der Waals surface area (Å²) in [6.45, 7) is 3.34. The number of hydrogen-bond donors (Lipinski definition) is 1. The van der Waals surface area contributed by atoms with Gasteiger partial charge < -0.3 is 10.0 Å². The largest absolute Gasteiger partial charge is 0.378 e. The van der Waals surface area contributed by atoms with Gasteiger partial charge in [0, 0.05) is 45.1 Å². The van der Waals surface area contributed by atoms with Gasteiger partial charge in [0.1, 0.15) is 0 Å². The van der Waals surface area contributed by atoms with Crippen molar-refractivity contribution >= 4 is 5.91 Å². The maximum atomic E-state index is 14.1. The zero-order valence-electron chi connectivity index (χ0n) is 19.5. The molecule has 34 heavy (non-hydrogen) atoms. The third kappa shape index (κ3) is 5.03. The van der Waals surface area contributed by atoms with Crippen molar-refractivity contribution in [3.63, 3.8) is 0 Å². The van der Waals surface area contributed by atoms with E-state index in [0.29, 0.717) is 36.3 Å². The summed E-state index contributed by atoms with van der Waals surface area (Å²) >= 11 is 0. The molecule has 4 nitrogen and oxygen atoms in total. The Hall–Kier alpha value is -2.31. The first-order chi connectivity index (χ1) is 16.4. The van der Waals surface area contributed by atoms with Crippen LogP contribution in [0.2, 0.25) is 0 Å². The third-order valence-corrected chi connectivity index (χ3v) is 8.21. The maximum absolute atomic E-state index is 14.1. The molecule has 2 saturated carbocycles. The van der Waals surface area contributed by atoms with Crippen molar-refractivity contribution in [2.45, 2.75) is 56.7 Å². The van der Waals surface area contributed by atoms with Gasteiger partial charge >= 0.3 is 0 Å². The first-order valence-corrected chi connectivity index (χ1v) is 12.6.